The van der Waals surface area contributed by atoms with Gasteiger partial charge in [-0.1, -0.05) is 26.7 Å². The highest BCUT2D eigenvalue weighted by Crippen LogP contribution is 2.33. The molecule has 2 heterocycles. The van der Waals surface area contributed by atoms with Gasteiger partial charge in [-0.05, 0) is 51.4 Å². The van der Waals surface area contributed by atoms with E-state index in [9.17, 15) is 47.9 Å². The smallest absolute Gasteiger partial charge is 0.315 e. The molecule has 0 radical (unpaired) electrons. The number of nitrogens with one attached hydrogen (secondary N) is 9. The first kappa shape index (κ1) is 50.0. The lowest BCUT2D eigenvalue weighted by atomic mass is 9.87. The van der Waals surface area contributed by atoms with Crippen molar-refractivity contribution in [2.75, 3.05) is 25.4 Å². The minimum atomic E-state index is -1.32. The lowest BCUT2D eigenvalue weighted by Gasteiger charge is -2.26. The zero-order valence-corrected chi connectivity index (χ0v) is 34.6. The lowest BCUT2D eigenvalue weighted by Crippen LogP contribution is -2.55. The standard InChI is InChI=1S/C36H61N11O11S/c1-4-19(2)21(15-28(50)47-58)34(55)44-23(12-13-26(37)48)35(56)42-20(3)33(54)41-16-29(51)40-17-30(52)43-22(32(38)53)9-7-8-14-39-27(49)11-6-5-10-25-31-24(18-59-25)45-36(57)46-31/h19-25,31,58H,4-18H2,1-3H3,(H2,37,48)(H2,38,53)(H,39,49)(H,40,51)(H,41,54)(H,42,56)(H,43,52)(H,44,55)(H,47,50)(H2,45,46,57)/t19?,20-,21?,22-,23-,24-,25-,31-/m0/s1. The summed E-state index contributed by atoms with van der Waals surface area (Å²) >= 11 is 1.83. The number of amides is 11. The number of unbranched alkanes of at least 4 members (excludes halogenated alkanes) is 2. The zero-order valence-electron chi connectivity index (χ0n) is 33.8. The summed E-state index contributed by atoms with van der Waals surface area (Å²) in [6.45, 7) is 4.06. The van der Waals surface area contributed by atoms with Gasteiger partial charge in [0.25, 0.3) is 0 Å². The first-order valence-corrected chi connectivity index (χ1v) is 20.9. The fourth-order valence-corrected chi connectivity index (χ4v) is 8.00. The fourth-order valence-electron chi connectivity index (χ4n) is 6.45. The molecule has 23 heteroatoms. The summed E-state index contributed by atoms with van der Waals surface area (Å²) in [4.78, 5) is 123. The Morgan fingerprint density at radius 2 is 1.47 bits per heavy atom. The Labute approximate surface area is 347 Å². The quantitative estimate of drug-likeness (QED) is 0.0162. The van der Waals surface area contributed by atoms with Gasteiger partial charge >= 0.3 is 6.03 Å². The second-order valence-electron chi connectivity index (χ2n) is 14.8. The molecule has 2 unspecified atom stereocenters. The predicted octanol–water partition coefficient (Wildman–Crippen LogP) is -2.99. The molecule has 0 aromatic heterocycles. The van der Waals surface area contributed by atoms with Crippen LogP contribution < -0.4 is 59.5 Å². The number of thioether (sulfide) groups is 1. The number of nitrogens with two attached hydrogens (primary N) is 2. The van der Waals surface area contributed by atoms with Crippen molar-refractivity contribution >= 4 is 71.0 Å². The third kappa shape index (κ3) is 18.5. The molecule has 0 aromatic rings. The van der Waals surface area contributed by atoms with E-state index >= 15 is 0 Å². The van der Waals surface area contributed by atoms with Crippen molar-refractivity contribution in [3.8, 4) is 0 Å². The molecular formula is C36H61N11O11S. The maximum absolute atomic E-state index is 13.1. The number of primary amides is 2. The van der Waals surface area contributed by atoms with Gasteiger partial charge in [-0.25, -0.2) is 10.3 Å². The van der Waals surface area contributed by atoms with Crippen LogP contribution in [0.2, 0.25) is 0 Å². The Hall–Kier alpha value is -5.19. The topological polar surface area (TPSA) is 351 Å². The van der Waals surface area contributed by atoms with Crippen LogP contribution in [-0.2, 0) is 43.2 Å². The Kier molecular flexibility index (Phi) is 22.0. The Balaban J connectivity index is 1.68. The maximum atomic E-state index is 13.1. The third-order valence-corrected chi connectivity index (χ3v) is 11.6. The van der Waals surface area contributed by atoms with Crippen molar-refractivity contribution in [3.05, 3.63) is 0 Å². The minimum absolute atomic E-state index is 0.0876. The van der Waals surface area contributed by atoms with E-state index in [4.69, 9.17) is 16.7 Å². The van der Waals surface area contributed by atoms with Crippen LogP contribution in [0.25, 0.3) is 0 Å². The van der Waals surface area contributed by atoms with E-state index in [1.807, 2.05) is 11.8 Å². The highest BCUT2D eigenvalue weighted by atomic mass is 32.2. The van der Waals surface area contributed by atoms with Crippen molar-refractivity contribution in [3.63, 3.8) is 0 Å². The molecule has 0 aromatic carbocycles. The first-order chi connectivity index (χ1) is 27.9. The average molecular weight is 856 g/mol. The van der Waals surface area contributed by atoms with E-state index in [1.54, 1.807) is 13.8 Å². The molecule has 8 atom stereocenters. The molecule has 0 bridgehead atoms. The monoisotopic (exact) mass is 855 g/mol. The molecule has 0 aliphatic carbocycles. The van der Waals surface area contributed by atoms with Crippen molar-refractivity contribution < 1.29 is 53.2 Å². The molecule has 11 amide bonds. The molecule has 2 fully saturated rings. The summed E-state index contributed by atoms with van der Waals surface area (Å²) in [6, 6.07) is -3.39. The van der Waals surface area contributed by atoms with Gasteiger partial charge in [-0.3, -0.25) is 48.4 Å². The Morgan fingerprint density at radius 3 is 2.14 bits per heavy atom. The molecule has 332 valence electrons. The van der Waals surface area contributed by atoms with Gasteiger partial charge in [0.15, 0.2) is 0 Å². The number of hydrogen-bond acceptors (Lipinski definition) is 12. The van der Waals surface area contributed by atoms with Crippen LogP contribution >= 0.6 is 11.8 Å². The van der Waals surface area contributed by atoms with E-state index in [1.165, 1.54) is 12.4 Å². The Bertz CT molecular complexity index is 1520. The molecule has 2 aliphatic rings. The number of urea groups is 1. The normalized spacial score (nSPS) is 19.2. The summed E-state index contributed by atoms with van der Waals surface area (Å²) in [5, 5.41) is 29.9. The largest absolute Gasteiger partial charge is 0.370 e. The highest BCUT2D eigenvalue weighted by Gasteiger charge is 2.42. The molecule has 14 N–H and O–H groups in total. The van der Waals surface area contributed by atoms with Gasteiger partial charge < -0.3 is 54.0 Å². The van der Waals surface area contributed by atoms with Crippen LogP contribution in [0.5, 0.6) is 0 Å². The molecule has 2 aliphatic heterocycles. The fraction of sp³-hybridized carbons (Fsp3) is 0.722. The van der Waals surface area contributed by atoms with E-state index in [0.717, 1.165) is 25.0 Å². The van der Waals surface area contributed by atoms with Gasteiger partial charge in [0.2, 0.25) is 53.2 Å². The second-order valence-corrected chi connectivity index (χ2v) is 16.0. The van der Waals surface area contributed by atoms with Gasteiger partial charge in [-0.2, -0.15) is 11.8 Å². The molecule has 0 spiro atoms. The van der Waals surface area contributed by atoms with Crippen molar-refractivity contribution in [1.29, 1.82) is 0 Å². The van der Waals surface area contributed by atoms with E-state index in [2.05, 4.69) is 42.5 Å². The number of carbonyl (C=O) groups excluding carboxylic acids is 10. The van der Waals surface area contributed by atoms with Crippen LogP contribution in [0.15, 0.2) is 0 Å². The van der Waals surface area contributed by atoms with Gasteiger partial charge in [0.1, 0.15) is 18.1 Å². The SMILES string of the molecule is CCC(C)C(CC(=O)NO)C(=O)N[C@@H](CCC(N)=O)C(=O)N[C@@H](C)C(=O)NCC(=O)NCC(=O)N[C@@H](CCCCNC(=O)CCCC[C@@H]1SC[C@@H]2NC(=O)N[C@@H]21)C(N)=O. The van der Waals surface area contributed by atoms with Crippen LogP contribution in [0.1, 0.15) is 91.4 Å². The van der Waals surface area contributed by atoms with E-state index in [-0.39, 0.29) is 55.6 Å². The molecule has 2 saturated heterocycles. The van der Waals surface area contributed by atoms with Crippen LogP contribution in [-0.4, -0.2) is 125 Å². The number of hydroxylamine groups is 1. The summed E-state index contributed by atoms with van der Waals surface area (Å²) < 4.78 is 0. The molecule has 22 nitrogen and oxygen atoms in total. The zero-order chi connectivity index (χ0) is 44.1. The third-order valence-electron chi connectivity index (χ3n) is 10.1. The van der Waals surface area contributed by atoms with Crippen LogP contribution in [0.4, 0.5) is 4.79 Å². The van der Waals surface area contributed by atoms with Crippen molar-refractivity contribution in [1.82, 2.24) is 48.0 Å². The average Bonchev–Trinajstić information content (AvgIpc) is 3.75. The number of rotatable bonds is 28. The highest BCUT2D eigenvalue weighted by molar-refractivity contribution is 8.00. The van der Waals surface area contributed by atoms with Crippen LogP contribution in [0, 0.1) is 11.8 Å². The maximum Gasteiger partial charge on any atom is 0.315 e. The minimum Gasteiger partial charge on any atom is -0.370 e. The van der Waals surface area contributed by atoms with Gasteiger partial charge in [0, 0.05) is 42.7 Å². The number of fused-ring (bicyclic) bond motifs is 1. The Morgan fingerprint density at radius 1 is 0.763 bits per heavy atom. The first-order valence-electron chi connectivity index (χ1n) is 19.9. The molecule has 59 heavy (non-hydrogen) atoms. The summed E-state index contributed by atoms with van der Waals surface area (Å²) in [7, 11) is 0. The van der Waals surface area contributed by atoms with E-state index < -0.39 is 84.4 Å². The number of carbonyl (C=O) groups is 10. The summed E-state index contributed by atoms with van der Waals surface area (Å²) in [6.07, 6.45) is 3.68. The molecular weight excluding hydrogens is 795 g/mol. The summed E-state index contributed by atoms with van der Waals surface area (Å²) in [5.74, 6) is -6.60. The second kappa shape index (κ2) is 26.0. The molecule has 0 saturated carbocycles. The predicted molar refractivity (Wildman–Crippen MR) is 213 cm³/mol. The summed E-state index contributed by atoms with van der Waals surface area (Å²) in [5.41, 5.74) is 12.1. The van der Waals surface area contributed by atoms with Crippen molar-refractivity contribution in [2.24, 2.45) is 23.3 Å². The van der Waals surface area contributed by atoms with Crippen LogP contribution in [0.3, 0.4) is 0 Å². The van der Waals surface area contributed by atoms with Crippen molar-refractivity contribution in [2.45, 2.75) is 127 Å². The molecule has 2 rings (SSSR count). The van der Waals surface area contributed by atoms with Gasteiger partial charge in [0.05, 0.1) is 25.2 Å². The van der Waals surface area contributed by atoms with Gasteiger partial charge in [-0.15, -0.1) is 0 Å². The van der Waals surface area contributed by atoms with E-state index in [0.29, 0.717) is 37.5 Å². The number of hydrogen-bond donors (Lipinski definition) is 12. The lowest BCUT2D eigenvalue weighted by molar-refractivity contribution is -0.138.